The molecule has 1 heterocycles. The highest BCUT2D eigenvalue weighted by molar-refractivity contribution is 7.96. The highest BCUT2D eigenvalue weighted by atomic mass is 32.2. The maximum atomic E-state index is 13.0. The van der Waals surface area contributed by atoms with Crippen LogP contribution in [0.5, 0.6) is 0 Å². The third-order valence-corrected chi connectivity index (χ3v) is 7.94. The molecule has 0 aromatic heterocycles. The van der Waals surface area contributed by atoms with E-state index in [2.05, 4.69) is 5.32 Å². The minimum absolute atomic E-state index is 0.0432. The third-order valence-electron chi connectivity index (χ3n) is 3.78. The number of unbranched alkanes of at least 4 members (excludes halogenated alkanes) is 1. The molecule has 0 spiro atoms. The summed E-state index contributed by atoms with van der Waals surface area (Å²) in [5, 5.41) is 2.02. The fourth-order valence-electron chi connectivity index (χ4n) is 2.57. The summed E-state index contributed by atoms with van der Waals surface area (Å²) in [4.78, 5) is -0.0432. The second-order valence-electron chi connectivity index (χ2n) is 5.53. The summed E-state index contributed by atoms with van der Waals surface area (Å²) in [6, 6.07) is 3.87. The predicted octanol–water partition coefficient (Wildman–Crippen LogP) is 1.15. The molecule has 0 saturated carbocycles. The lowest BCUT2D eigenvalue weighted by Gasteiger charge is -2.19. The molecule has 22 heavy (non-hydrogen) atoms. The Labute approximate surface area is 130 Å². The first-order valence-corrected chi connectivity index (χ1v) is 10.6. The Morgan fingerprint density at radius 2 is 1.86 bits per heavy atom. The Morgan fingerprint density at radius 1 is 1.23 bits per heavy atom. The van der Waals surface area contributed by atoms with Crippen LogP contribution in [0, 0.1) is 5.82 Å². The quantitative estimate of drug-likeness (QED) is 0.616. The second-order valence-corrected chi connectivity index (χ2v) is 9.85. The zero-order valence-corrected chi connectivity index (χ0v) is 14.0. The Morgan fingerprint density at radius 3 is 2.45 bits per heavy atom. The molecule has 2 rings (SSSR count). The van der Waals surface area contributed by atoms with E-state index in [0.29, 0.717) is 6.54 Å². The minimum Gasteiger partial charge on any atom is -0.312 e. The zero-order valence-electron chi connectivity index (χ0n) is 12.3. The predicted molar refractivity (Wildman–Crippen MR) is 82.7 cm³/mol. The van der Waals surface area contributed by atoms with Gasteiger partial charge in [0.1, 0.15) is 5.82 Å². The highest BCUT2D eigenvalue weighted by Gasteiger charge is 2.45. The number of rotatable bonds is 6. The van der Waals surface area contributed by atoms with E-state index in [1.54, 1.807) is 0 Å². The van der Waals surface area contributed by atoms with Crippen LogP contribution in [0.4, 0.5) is 4.39 Å². The van der Waals surface area contributed by atoms with Gasteiger partial charge in [-0.1, -0.05) is 13.3 Å². The molecule has 0 radical (unpaired) electrons. The van der Waals surface area contributed by atoms with Gasteiger partial charge >= 0.3 is 0 Å². The topological polar surface area (TPSA) is 80.3 Å². The van der Waals surface area contributed by atoms with Gasteiger partial charge < -0.3 is 5.32 Å². The molecule has 1 aromatic rings. The largest absolute Gasteiger partial charge is 0.312 e. The average Bonchev–Trinajstić information content (AvgIpc) is 2.75. The van der Waals surface area contributed by atoms with Gasteiger partial charge in [-0.3, -0.25) is 0 Å². The van der Waals surface area contributed by atoms with E-state index in [1.807, 2.05) is 6.92 Å². The lowest BCUT2D eigenvalue weighted by Crippen LogP contribution is -2.43. The van der Waals surface area contributed by atoms with Gasteiger partial charge in [-0.15, -0.1) is 0 Å². The first kappa shape index (κ1) is 17.4. The van der Waals surface area contributed by atoms with Gasteiger partial charge in [-0.05, 0) is 37.2 Å². The highest BCUT2D eigenvalue weighted by Crippen LogP contribution is 2.26. The van der Waals surface area contributed by atoms with E-state index in [-0.39, 0.29) is 10.6 Å². The van der Waals surface area contributed by atoms with E-state index in [1.165, 1.54) is 12.1 Å². The summed E-state index contributed by atoms with van der Waals surface area (Å²) < 4.78 is 62.0. The molecule has 2 atom stereocenters. The van der Waals surface area contributed by atoms with Crippen molar-refractivity contribution >= 4 is 19.7 Å². The summed E-state index contributed by atoms with van der Waals surface area (Å²) in [5.74, 6) is -1.10. The lowest BCUT2D eigenvalue weighted by atomic mass is 10.2. The molecule has 1 aromatic carbocycles. The third kappa shape index (κ3) is 3.85. The van der Waals surface area contributed by atoms with Gasteiger partial charge in [0.25, 0.3) is 0 Å². The van der Waals surface area contributed by atoms with E-state index in [0.717, 1.165) is 25.0 Å². The number of sulfone groups is 2. The van der Waals surface area contributed by atoms with E-state index in [9.17, 15) is 21.2 Å². The van der Waals surface area contributed by atoms with Crippen LogP contribution in [-0.2, 0) is 19.7 Å². The number of hydrogen-bond donors (Lipinski definition) is 1. The summed E-state index contributed by atoms with van der Waals surface area (Å²) in [6.45, 7) is 2.58. The molecule has 0 unspecified atom stereocenters. The van der Waals surface area contributed by atoms with Crippen molar-refractivity contribution in [1.82, 2.24) is 5.32 Å². The van der Waals surface area contributed by atoms with Gasteiger partial charge in [0, 0.05) is 6.04 Å². The fraction of sp³-hybridized carbons (Fsp3) is 0.571. The molecule has 0 aliphatic carbocycles. The van der Waals surface area contributed by atoms with Crippen molar-refractivity contribution in [1.29, 1.82) is 0 Å². The molecular weight excluding hydrogens is 329 g/mol. The van der Waals surface area contributed by atoms with Crippen molar-refractivity contribution in [3.8, 4) is 0 Å². The van der Waals surface area contributed by atoms with Gasteiger partial charge in [0.15, 0.2) is 19.7 Å². The van der Waals surface area contributed by atoms with Crippen LogP contribution in [-0.4, -0.2) is 46.2 Å². The van der Waals surface area contributed by atoms with Gasteiger partial charge in [0.2, 0.25) is 0 Å². The van der Waals surface area contributed by atoms with Crippen molar-refractivity contribution in [3.05, 3.63) is 30.1 Å². The number of nitrogens with one attached hydrogen (secondary N) is 1. The SMILES string of the molecule is CCCCN[C@H]1CS(=O)(=O)C[C@@H]1S(=O)(=O)c1ccc(F)cc1. The van der Waals surface area contributed by atoms with Crippen LogP contribution in [0.25, 0.3) is 0 Å². The van der Waals surface area contributed by atoms with Crippen LogP contribution in [0.1, 0.15) is 19.8 Å². The van der Waals surface area contributed by atoms with E-state index in [4.69, 9.17) is 0 Å². The molecule has 1 saturated heterocycles. The Kier molecular flexibility index (Phi) is 5.24. The van der Waals surface area contributed by atoms with E-state index >= 15 is 0 Å². The van der Waals surface area contributed by atoms with Crippen molar-refractivity contribution < 1.29 is 21.2 Å². The Balaban J connectivity index is 2.28. The minimum atomic E-state index is -3.82. The van der Waals surface area contributed by atoms with Gasteiger partial charge in [-0.2, -0.15) is 0 Å². The van der Waals surface area contributed by atoms with Crippen LogP contribution < -0.4 is 5.32 Å². The molecule has 5 nitrogen and oxygen atoms in total. The molecular formula is C14H20FNO4S2. The Bertz CT molecular complexity index is 714. The normalized spacial score (nSPS) is 24.5. The molecule has 8 heteroatoms. The molecule has 124 valence electrons. The maximum Gasteiger partial charge on any atom is 0.183 e. The lowest BCUT2D eigenvalue weighted by molar-refractivity contribution is 0.518. The first-order chi connectivity index (χ1) is 10.3. The van der Waals surface area contributed by atoms with Gasteiger partial charge in [0.05, 0.1) is 21.7 Å². The monoisotopic (exact) mass is 349 g/mol. The van der Waals surface area contributed by atoms with Crippen molar-refractivity contribution in [2.45, 2.75) is 36.0 Å². The summed E-state index contributed by atoms with van der Waals surface area (Å²) in [7, 11) is -7.22. The summed E-state index contributed by atoms with van der Waals surface area (Å²) in [6.07, 6.45) is 1.78. The van der Waals surface area contributed by atoms with Crippen molar-refractivity contribution in [3.63, 3.8) is 0 Å². The summed E-state index contributed by atoms with van der Waals surface area (Å²) >= 11 is 0. The summed E-state index contributed by atoms with van der Waals surface area (Å²) in [5.41, 5.74) is 0. The molecule has 1 N–H and O–H groups in total. The molecule has 0 amide bonds. The molecule has 0 bridgehead atoms. The maximum absolute atomic E-state index is 13.0. The van der Waals surface area contributed by atoms with Crippen LogP contribution in [0.15, 0.2) is 29.2 Å². The van der Waals surface area contributed by atoms with E-state index < -0.39 is 42.5 Å². The van der Waals surface area contributed by atoms with Crippen molar-refractivity contribution in [2.24, 2.45) is 0 Å². The smallest absolute Gasteiger partial charge is 0.183 e. The van der Waals surface area contributed by atoms with Gasteiger partial charge in [-0.25, -0.2) is 21.2 Å². The average molecular weight is 349 g/mol. The Hall–Kier alpha value is -0.990. The standard InChI is InChI=1S/C14H20FNO4S2/c1-2-3-8-16-13-9-21(17,18)10-14(13)22(19,20)12-6-4-11(15)5-7-12/h4-7,13-14,16H,2-3,8-10H2,1H3/t13-,14-/m0/s1. The number of hydrogen-bond acceptors (Lipinski definition) is 5. The van der Waals surface area contributed by atoms with Crippen LogP contribution >= 0.6 is 0 Å². The second kappa shape index (κ2) is 6.64. The van der Waals surface area contributed by atoms with Crippen molar-refractivity contribution in [2.75, 3.05) is 18.1 Å². The van der Waals surface area contributed by atoms with Crippen LogP contribution in [0.2, 0.25) is 0 Å². The van der Waals surface area contributed by atoms with Crippen LogP contribution in [0.3, 0.4) is 0 Å². The molecule has 1 aliphatic rings. The fourth-order valence-corrected chi connectivity index (χ4v) is 7.29. The zero-order chi connectivity index (χ0) is 16.4. The first-order valence-electron chi connectivity index (χ1n) is 7.19. The number of halogens is 1. The number of benzene rings is 1. The molecule has 1 aliphatic heterocycles. The molecule has 1 fully saturated rings.